The highest BCUT2D eigenvalue weighted by Crippen LogP contribution is 2.46. The van der Waals surface area contributed by atoms with Gasteiger partial charge in [-0.25, -0.2) is 29.9 Å². The van der Waals surface area contributed by atoms with Crippen molar-refractivity contribution in [3.8, 4) is 146 Å². The van der Waals surface area contributed by atoms with Crippen molar-refractivity contribution in [2.24, 2.45) is 0 Å². The largest absolute Gasteiger partial charge is 0.455 e. The molecule has 4 aromatic heterocycles. The fourth-order valence-electron chi connectivity index (χ4n) is 15.4. The summed E-state index contributed by atoms with van der Waals surface area (Å²) in [5.41, 5.74) is 23.5. The van der Waals surface area contributed by atoms with Gasteiger partial charge in [-0.05, 0) is 136 Å². The highest BCUT2D eigenvalue weighted by atomic mass is 16.3. The Morgan fingerprint density at radius 1 is 0.170 bits per heavy atom. The summed E-state index contributed by atoms with van der Waals surface area (Å²) in [7, 11) is 0. The molecule has 106 heavy (non-hydrogen) atoms. The third kappa shape index (κ3) is 11.0. The Bertz CT molecular complexity index is 6810. The van der Waals surface area contributed by atoms with Gasteiger partial charge in [0.1, 0.15) is 22.3 Å². The third-order valence-electron chi connectivity index (χ3n) is 20.5. The van der Waals surface area contributed by atoms with Crippen LogP contribution in [0.5, 0.6) is 0 Å². The first kappa shape index (κ1) is 61.5. The molecule has 20 aromatic rings. The van der Waals surface area contributed by atoms with Gasteiger partial charge in [-0.2, -0.15) is 0 Å². The van der Waals surface area contributed by atoms with E-state index in [0.29, 0.717) is 46.1 Å². The zero-order valence-corrected chi connectivity index (χ0v) is 57.1. The molecule has 8 nitrogen and oxygen atoms in total. The van der Waals surface area contributed by atoms with Crippen molar-refractivity contribution in [3.63, 3.8) is 0 Å². The maximum absolute atomic E-state index is 7.01. The molecular weight excluding hydrogens is 1290 g/mol. The van der Waals surface area contributed by atoms with E-state index in [-0.39, 0.29) is 0 Å². The van der Waals surface area contributed by atoms with E-state index in [1.165, 1.54) is 44.0 Å². The molecule has 494 valence electrons. The Morgan fingerprint density at radius 3 is 1.18 bits per heavy atom. The molecule has 4 heterocycles. The molecule has 0 aliphatic carbocycles. The average Bonchev–Trinajstić information content (AvgIpc) is 1.51. The highest BCUT2D eigenvalue weighted by molar-refractivity contribution is 6.16. The highest BCUT2D eigenvalue weighted by Gasteiger charge is 2.24. The standard InChI is InChI=1S/C98H60N6O2/c1-4-23-61(24-5-1)62-47-49-65(50-48-62)74-57-58-75(80-37-14-13-36-79(74)80)70-31-19-33-72(60-70)96-100-94(102-97(103-96)85-43-20-41-83-81-38-16-17-45-87(81)105-91(83)85)68-53-51-66(52-54-68)77-40-22-46-88-90(77)84-42-21-44-86(92(84)106-88)98-101-93(67-28-8-3-9-29-67)99-95(104-98)71-32-18-30-69(59-71)73-34-12-15-39-82(73)89-76-35-11-10-27-64(76)55-56-78(89)63-25-6-2-7-26-63/h1-60H. The van der Waals surface area contributed by atoms with Crippen molar-refractivity contribution in [1.29, 1.82) is 0 Å². The fraction of sp³-hybridized carbons (Fsp3) is 0. The van der Waals surface area contributed by atoms with Crippen LogP contribution in [-0.4, -0.2) is 29.9 Å². The molecule has 0 bridgehead atoms. The Hall–Kier alpha value is -14.3. The number of fused-ring (bicyclic) bond motifs is 8. The molecular formula is C98H60N6O2. The van der Waals surface area contributed by atoms with Crippen LogP contribution in [0.4, 0.5) is 0 Å². The predicted octanol–water partition coefficient (Wildman–Crippen LogP) is 25.8. The molecule has 0 atom stereocenters. The summed E-state index contributed by atoms with van der Waals surface area (Å²) in [5, 5.41) is 8.62. The second-order valence-electron chi connectivity index (χ2n) is 26.7. The fourth-order valence-corrected chi connectivity index (χ4v) is 15.4. The molecule has 0 aliphatic rings. The van der Waals surface area contributed by atoms with Crippen molar-refractivity contribution in [2.45, 2.75) is 0 Å². The molecule has 0 N–H and O–H groups in total. The number of benzene rings is 16. The first-order valence-electron chi connectivity index (χ1n) is 35.6. The molecule has 0 spiro atoms. The summed E-state index contributed by atoms with van der Waals surface area (Å²) in [6.07, 6.45) is 0. The van der Waals surface area contributed by atoms with Crippen LogP contribution in [0.2, 0.25) is 0 Å². The minimum absolute atomic E-state index is 0.497. The summed E-state index contributed by atoms with van der Waals surface area (Å²) < 4.78 is 13.7. The van der Waals surface area contributed by atoms with Crippen molar-refractivity contribution in [1.82, 2.24) is 29.9 Å². The number of hydrogen-bond donors (Lipinski definition) is 0. The summed E-state index contributed by atoms with van der Waals surface area (Å²) in [6, 6.07) is 128. The lowest BCUT2D eigenvalue weighted by atomic mass is 9.86. The topological polar surface area (TPSA) is 104 Å². The van der Waals surface area contributed by atoms with E-state index in [9.17, 15) is 0 Å². The molecule has 8 heteroatoms. The molecule has 0 unspecified atom stereocenters. The van der Waals surface area contributed by atoms with Crippen LogP contribution in [-0.2, 0) is 0 Å². The van der Waals surface area contributed by atoms with Crippen LogP contribution < -0.4 is 0 Å². The van der Waals surface area contributed by atoms with Crippen molar-refractivity contribution >= 4 is 65.4 Å². The lowest BCUT2D eigenvalue weighted by Gasteiger charge is -2.18. The molecule has 0 aliphatic heterocycles. The zero-order chi connectivity index (χ0) is 70.0. The predicted molar refractivity (Wildman–Crippen MR) is 433 cm³/mol. The Balaban J connectivity index is 0.669. The van der Waals surface area contributed by atoms with Gasteiger partial charge in [-0.15, -0.1) is 0 Å². The Morgan fingerprint density at radius 2 is 0.528 bits per heavy atom. The molecule has 0 saturated carbocycles. The second kappa shape index (κ2) is 25.9. The monoisotopic (exact) mass is 1350 g/mol. The molecule has 0 radical (unpaired) electrons. The van der Waals surface area contributed by atoms with Crippen molar-refractivity contribution < 1.29 is 8.83 Å². The summed E-state index contributed by atoms with van der Waals surface area (Å²) >= 11 is 0. The van der Waals surface area contributed by atoms with Gasteiger partial charge in [0.15, 0.2) is 34.9 Å². The summed E-state index contributed by atoms with van der Waals surface area (Å²) in [5.74, 6) is 3.16. The van der Waals surface area contributed by atoms with E-state index in [1.54, 1.807) is 0 Å². The van der Waals surface area contributed by atoms with E-state index in [0.717, 1.165) is 122 Å². The summed E-state index contributed by atoms with van der Waals surface area (Å²) in [6.45, 7) is 0. The van der Waals surface area contributed by atoms with Gasteiger partial charge >= 0.3 is 0 Å². The van der Waals surface area contributed by atoms with Gasteiger partial charge in [-0.1, -0.05) is 328 Å². The van der Waals surface area contributed by atoms with Crippen LogP contribution in [0.1, 0.15) is 0 Å². The van der Waals surface area contributed by atoms with Crippen molar-refractivity contribution in [3.05, 3.63) is 364 Å². The van der Waals surface area contributed by atoms with Gasteiger partial charge in [0.2, 0.25) is 0 Å². The van der Waals surface area contributed by atoms with E-state index in [1.807, 2.05) is 72.8 Å². The number of nitrogens with zero attached hydrogens (tertiary/aromatic N) is 6. The number of para-hydroxylation sites is 3. The summed E-state index contributed by atoms with van der Waals surface area (Å²) in [4.78, 5) is 31.9. The minimum atomic E-state index is 0.497. The number of aromatic nitrogens is 6. The van der Waals surface area contributed by atoms with Gasteiger partial charge in [-0.3, -0.25) is 0 Å². The third-order valence-corrected chi connectivity index (χ3v) is 20.5. The molecule has 16 aromatic carbocycles. The second-order valence-corrected chi connectivity index (χ2v) is 26.7. The molecule has 0 saturated heterocycles. The van der Waals surface area contributed by atoms with E-state index in [2.05, 4.69) is 291 Å². The molecule has 0 amide bonds. The van der Waals surface area contributed by atoms with Gasteiger partial charge in [0, 0.05) is 43.8 Å². The Labute approximate surface area is 610 Å². The van der Waals surface area contributed by atoms with E-state index >= 15 is 0 Å². The van der Waals surface area contributed by atoms with Crippen molar-refractivity contribution in [2.75, 3.05) is 0 Å². The van der Waals surface area contributed by atoms with Crippen LogP contribution in [0.15, 0.2) is 373 Å². The smallest absolute Gasteiger partial charge is 0.167 e. The first-order chi connectivity index (χ1) is 52.5. The van der Waals surface area contributed by atoms with Crippen LogP contribution in [0.3, 0.4) is 0 Å². The Kier molecular flexibility index (Phi) is 15.0. The van der Waals surface area contributed by atoms with Crippen LogP contribution in [0.25, 0.3) is 212 Å². The van der Waals surface area contributed by atoms with Crippen LogP contribution >= 0.6 is 0 Å². The number of rotatable bonds is 13. The van der Waals surface area contributed by atoms with Crippen LogP contribution in [0, 0.1) is 0 Å². The first-order valence-corrected chi connectivity index (χ1v) is 35.6. The van der Waals surface area contributed by atoms with E-state index < -0.39 is 0 Å². The maximum atomic E-state index is 7.01. The number of furan rings is 2. The lowest BCUT2D eigenvalue weighted by molar-refractivity contribution is 0.669. The maximum Gasteiger partial charge on any atom is 0.167 e. The van der Waals surface area contributed by atoms with E-state index in [4.69, 9.17) is 38.7 Å². The number of hydrogen-bond acceptors (Lipinski definition) is 8. The zero-order valence-electron chi connectivity index (χ0n) is 57.1. The van der Waals surface area contributed by atoms with Gasteiger partial charge in [0.25, 0.3) is 0 Å². The van der Waals surface area contributed by atoms with Gasteiger partial charge < -0.3 is 8.83 Å². The SMILES string of the molecule is c1ccc(-c2ccc(-c3ccc(-c4cccc(-c5nc(-c6ccc(-c7cccc8oc9c(-c%10nc(-c%11ccccc%11)nc(-c%11cccc(-c%12ccccc%12-c%12c(-c%13ccccc%13)ccc%13ccccc%12%13)c%11)n%10)cccc9c78)cc6)nc(-c6cccc7c6oc6ccccc67)n5)c4)c4ccccc34)cc2)cc1. The van der Waals surface area contributed by atoms with Gasteiger partial charge in [0.05, 0.1) is 11.1 Å². The quantitative estimate of drug-likeness (QED) is 0.112. The minimum Gasteiger partial charge on any atom is -0.455 e. The lowest BCUT2D eigenvalue weighted by Crippen LogP contribution is -2.00. The normalized spacial score (nSPS) is 11.6. The molecule has 20 rings (SSSR count). The average molecular weight is 1350 g/mol. The molecule has 0 fully saturated rings.